The van der Waals surface area contributed by atoms with E-state index in [0.717, 1.165) is 39.5 Å². The number of nitrogens with zero attached hydrogens (tertiary/aromatic N) is 4. The lowest BCUT2D eigenvalue weighted by atomic mass is 10.1. The van der Waals surface area contributed by atoms with Crippen LogP contribution in [-0.2, 0) is 12.8 Å². The molecular formula is C20H20Cl2N4. The third kappa shape index (κ3) is 3.67. The molecule has 0 spiro atoms. The van der Waals surface area contributed by atoms with Crippen molar-refractivity contribution in [3.8, 4) is 0 Å². The van der Waals surface area contributed by atoms with Gasteiger partial charge in [0.05, 0.1) is 15.6 Å². The summed E-state index contributed by atoms with van der Waals surface area (Å²) in [5.41, 5.74) is 3.56. The van der Waals surface area contributed by atoms with E-state index in [-0.39, 0.29) is 0 Å². The van der Waals surface area contributed by atoms with Gasteiger partial charge in [0.25, 0.3) is 0 Å². The lowest BCUT2D eigenvalue weighted by molar-refractivity contribution is 0.806. The minimum atomic E-state index is 0.488. The average molecular weight is 387 g/mol. The molecule has 0 fully saturated rings. The van der Waals surface area contributed by atoms with Gasteiger partial charge in [-0.1, -0.05) is 48.0 Å². The zero-order valence-corrected chi connectivity index (χ0v) is 16.6. The van der Waals surface area contributed by atoms with Gasteiger partial charge in [0, 0.05) is 23.2 Å². The van der Waals surface area contributed by atoms with Crippen molar-refractivity contribution < 1.29 is 0 Å². The van der Waals surface area contributed by atoms with Gasteiger partial charge < -0.3 is 0 Å². The Bertz CT molecular complexity index is 1020. The third-order valence-corrected chi connectivity index (χ3v) is 4.99. The molecule has 0 radical (unpaired) electrons. The topological polar surface area (TPSA) is 43.6 Å². The summed E-state index contributed by atoms with van der Waals surface area (Å²) in [7, 11) is 0. The highest BCUT2D eigenvalue weighted by Gasteiger charge is 2.12. The highest BCUT2D eigenvalue weighted by molar-refractivity contribution is 6.44. The predicted molar refractivity (Wildman–Crippen MR) is 110 cm³/mol. The Balaban J connectivity index is 1.86. The maximum atomic E-state index is 6.29. The van der Waals surface area contributed by atoms with Gasteiger partial charge in [-0.15, -0.1) is 0 Å². The minimum Gasteiger partial charge on any atom is -0.251 e. The molecule has 3 rings (SSSR count). The van der Waals surface area contributed by atoms with Crippen LogP contribution in [0.2, 0.25) is 10.0 Å². The second-order valence-corrected chi connectivity index (χ2v) is 6.99. The van der Waals surface area contributed by atoms with Crippen LogP contribution in [0.5, 0.6) is 0 Å². The molecule has 2 aromatic heterocycles. The summed E-state index contributed by atoms with van der Waals surface area (Å²) in [5, 5.41) is 6.58. The molecule has 1 aromatic carbocycles. The number of aromatic nitrogens is 4. The molecule has 0 aliphatic heterocycles. The summed E-state index contributed by atoms with van der Waals surface area (Å²) in [5.74, 6) is 1.56. The summed E-state index contributed by atoms with van der Waals surface area (Å²) >= 11 is 12.4. The average Bonchev–Trinajstić information content (AvgIpc) is 3.07. The molecule has 0 unspecified atom stereocenters. The number of rotatable bonds is 5. The first-order chi connectivity index (χ1) is 12.4. The first kappa shape index (κ1) is 18.6. The number of pyridine rings is 1. The van der Waals surface area contributed by atoms with Crippen LogP contribution < -0.4 is 0 Å². The van der Waals surface area contributed by atoms with Crippen LogP contribution in [0.1, 0.15) is 38.1 Å². The van der Waals surface area contributed by atoms with Crippen LogP contribution in [0.15, 0.2) is 36.9 Å². The molecule has 3 aromatic rings. The second-order valence-electron chi connectivity index (χ2n) is 6.21. The van der Waals surface area contributed by atoms with Crippen LogP contribution in [0, 0.1) is 0 Å². The molecule has 0 amide bonds. The van der Waals surface area contributed by atoms with E-state index in [1.807, 2.05) is 49.7 Å². The fraction of sp³-hybridized carbons (Fsp3) is 0.250. The van der Waals surface area contributed by atoms with Crippen molar-refractivity contribution in [3.05, 3.63) is 64.3 Å². The van der Waals surface area contributed by atoms with Gasteiger partial charge in [0.15, 0.2) is 11.6 Å². The Labute approximate surface area is 163 Å². The fourth-order valence-corrected chi connectivity index (χ4v) is 3.02. The van der Waals surface area contributed by atoms with E-state index in [1.54, 1.807) is 6.07 Å². The summed E-state index contributed by atoms with van der Waals surface area (Å²) in [6.45, 7) is 9.91. The van der Waals surface area contributed by atoms with E-state index in [9.17, 15) is 0 Å². The standard InChI is InChI=1S/C20H20Cl2N4/c1-5-13(4)26-20(12(2)3)24-17(25-26)11-9-15-8-6-14-7-10-16(21)18(22)19(14)23-15/h5-8,10H,2,9,11H2,1,3-4H3/b13-5-. The van der Waals surface area contributed by atoms with Gasteiger partial charge in [0.1, 0.15) is 0 Å². The van der Waals surface area contributed by atoms with Crippen molar-refractivity contribution in [2.45, 2.75) is 33.6 Å². The van der Waals surface area contributed by atoms with E-state index < -0.39 is 0 Å². The SMILES string of the molecule is C=C(C)c1nc(CCc2ccc3ccc(Cl)c(Cl)c3n2)nn1/C(C)=C\C. The lowest BCUT2D eigenvalue weighted by Gasteiger charge is -2.05. The van der Waals surface area contributed by atoms with Crippen molar-refractivity contribution in [1.29, 1.82) is 0 Å². The smallest absolute Gasteiger partial charge is 0.158 e. The highest BCUT2D eigenvalue weighted by atomic mass is 35.5. The van der Waals surface area contributed by atoms with Crippen molar-refractivity contribution in [2.24, 2.45) is 0 Å². The Morgan fingerprint density at radius 2 is 1.85 bits per heavy atom. The normalized spacial score (nSPS) is 12.0. The van der Waals surface area contributed by atoms with E-state index in [2.05, 4.69) is 21.6 Å². The highest BCUT2D eigenvalue weighted by Crippen LogP contribution is 2.29. The zero-order valence-electron chi connectivity index (χ0n) is 15.1. The Hall–Kier alpha value is -2.17. The number of aryl methyl sites for hydroxylation is 2. The fourth-order valence-electron chi connectivity index (χ4n) is 2.65. The van der Waals surface area contributed by atoms with E-state index >= 15 is 0 Å². The molecule has 0 saturated carbocycles. The van der Waals surface area contributed by atoms with Crippen LogP contribution in [0.3, 0.4) is 0 Å². The quantitative estimate of drug-likeness (QED) is 0.553. The first-order valence-corrected chi connectivity index (χ1v) is 9.15. The number of halogens is 2. The molecule has 26 heavy (non-hydrogen) atoms. The van der Waals surface area contributed by atoms with Gasteiger partial charge >= 0.3 is 0 Å². The molecule has 2 heterocycles. The van der Waals surface area contributed by atoms with Crippen molar-refractivity contribution >= 4 is 45.4 Å². The maximum absolute atomic E-state index is 6.29. The van der Waals surface area contributed by atoms with E-state index in [4.69, 9.17) is 23.2 Å². The molecule has 0 atom stereocenters. The van der Waals surface area contributed by atoms with Gasteiger partial charge in [-0.2, -0.15) is 5.10 Å². The number of hydrogen-bond acceptors (Lipinski definition) is 3. The molecule has 0 bridgehead atoms. The third-order valence-electron chi connectivity index (χ3n) is 4.20. The summed E-state index contributed by atoms with van der Waals surface area (Å²) in [6, 6.07) is 7.71. The van der Waals surface area contributed by atoms with Crippen LogP contribution in [0.25, 0.3) is 22.2 Å². The Kier molecular flexibility index (Phi) is 5.44. The van der Waals surface area contributed by atoms with Gasteiger partial charge in [-0.05, 0) is 44.9 Å². The second kappa shape index (κ2) is 7.60. The molecule has 0 saturated heterocycles. The molecule has 0 N–H and O–H groups in total. The monoisotopic (exact) mass is 386 g/mol. The van der Waals surface area contributed by atoms with Gasteiger partial charge in [-0.25, -0.2) is 9.67 Å². The largest absolute Gasteiger partial charge is 0.251 e. The number of fused-ring (bicyclic) bond motifs is 1. The minimum absolute atomic E-state index is 0.488. The van der Waals surface area contributed by atoms with E-state index in [0.29, 0.717) is 22.9 Å². The molecule has 0 aliphatic rings. The van der Waals surface area contributed by atoms with Crippen molar-refractivity contribution in [2.75, 3.05) is 0 Å². The van der Waals surface area contributed by atoms with Crippen molar-refractivity contribution in [1.82, 2.24) is 19.7 Å². The number of hydrogen-bond donors (Lipinski definition) is 0. The van der Waals surface area contributed by atoms with E-state index in [1.165, 1.54) is 0 Å². The Morgan fingerprint density at radius 1 is 1.12 bits per heavy atom. The Morgan fingerprint density at radius 3 is 2.54 bits per heavy atom. The maximum Gasteiger partial charge on any atom is 0.158 e. The molecule has 6 heteroatoms. The molecular weight excluding hydrogens is 367 g/mol. The number of benzene rings is 1. The zero-order chi connectivity index (χ0) is 18.8. The van der Waals surface area contributed by atoms with Gasteiger partial charge in [0.2, 0.25) is 0 Å². The molecule has 0 aliphatic carbocycles. The van der Waals surface area contributed by atoms with Crippen LogP contribution >= 0.6 is 23.2 Å². The molecule has 134 valence electrons. The van der Waals surface area contributed by atoms with Crippen LogP contribution in [-0.4, -0.2) is 19.7 Å². The van der Waals surface area contributed by atoms with Crippen LogP contribution in [0.4, 0.5) is 0 Å². The summed E-state index contributed by atoms with van der Waals surface area (Å²) in [6.07, 6.45) is 3.40. The van der Waals surface area contributed by atoms with Gasteiger partial charge in [-0.3, -0.25) is 4.98 Å². The summed E-state index contributed by atoms with van der Waals surface area (Å²) in [4.78, 5) is 9.28. The predicted octanol–water partition coefficient (Wildman–Crippen LogP) is 5.83. The lowest BCUT2D eigenvalue weighted by Crippen LogP contribution is -2.01. The molecule has 4 nitrogen and oxygen atoms in total. The number of allylic oxidation sites excluding steroid dienone is 3. The summed E-state index contributed by atoms with van der Waals surface area (Å²) < 4.78 is 1.84. The van der Waals surface area contributed by atoms with Crippen molar-refractivity contribution in [3.63, 3.8) is 0 Å². The first-order valence-electron chi connectivity index (χ1n) is 8.39.